The average Bonchev–Trinajstić information content (AvgIpc) is 2.68. The SMILES string of the molecule is CSc1ccccc1N1CCN(CC(O)COc2ccc(Cl)cc2)CC1. The molecule has 0 amide bonds. The van der Waals surface area contributed by atoms with E-state index in [1.54, 1.807) is 23.9 Å². The highest BCUT2D eigenvalue weighted by atomic mass is 35.5. The molecule has 0 radical (unpaired) electrons. The summed E-state index contributed by atoms with van der Waals surface area (Å²) in [6.07, 6.45) is 1.61. The van der Waals surface area contributed by atoms with Crippen LogP contribution in [0.15, 0.2) is 53.4 Å². The average molecular weight is 393 g/mol. The van der Waals surface area contributed by atoms with Crippen molar-refractivity contribution < 1.29 is 9.84 Å². The van der Waals surface area contributed by atoms with E-state index in [1.165, 1.54) is 10.6 Å². The molecular weight excluding hydrogens is 368 g/mol. The molecule has 0 bridgehead atoms. The zero-order valence-corrected chi connectivity index (χ0v) is 16.5. The minimum absolute atomic E-state index is 0.289. The Morgan fingerprint density at radius 1 is 1.08 bits per heavy atom. The summed E-state index contributed by atoms with van der Waals surface area (Å²) in [5.74, 6) is 0.729. The fraction of sp³-hybridized carbons (Fsp3) is 0.400. The van der Waals surface area contributed by atoms with E-state index < -0.39 is 6.10 Å². The molecule has 0 aliphatic carbocycles. The smallest absolute Gasteiger partial charge is 0.119 e. The van der Waals surface area contributed by atoms with Crippen molar-refractivity contribution in [3.63, 3.8) is 0 Å². The number of rotatable bonds is 7. The summed E-state index contributed by atoms with van der Waals surface area (Å²) >= 11 is 7.65. The molecule has 26 heavy (non-hydrogen) atoms. The fourth-order valence-corrected chi connectivity index (χ4v) is 3.88. The van der Waals surface area contributed by atoms with Gasteiger partial charge >= 0.3 is 0 Å². The second-order valence-electron chi connectivity index (χ2n) is 6.38. The van der Waals surface area contributed by atoms with Crippen LogP contribution in [0.2, 0.25) is 5.02 Å². The molecule has 0 spiro atoms. The molecular formula is C20H25ClN2O2S. The maximum absolute atomic E-state index is 10.3. The minimum Gasteiger partial charge on any atom is -0.491 e. The predicted molar refractivity (Wildman–Crippen MR) is 110 cm³/mol. The summed E-state index contributed by atoms with van der Waals surface area (Å²) < 4.78 is 5.64. The van der Waals surface area contributed by atoms with E-state index in [9.17, 15) is 5.11 Å². The topological polar surface area (TPSA) is 35.9 Å². The largest absolute Gasteiger partial charge is 0.491 e. The van der Waals surface area contributed by atoms with Gasteiger partial charge in [0.25, 0.3) is 0 Å². The molecule has 1 unspecified atom stereocenters. The number of thioether (sulfide) groups is 1. The summed E-state index contributed by atoms with van der Waals surface area (Å²) in [5.41, 5.74) is 1.31. The lowest BCUT2D eigenvalue weighted by atomic mass is 10.2. The summed E-state index contributed by atoms with van der Waals surface area (Å²) in [4.78, 5) is 6.05. The number of halogens is 1. The van der Waals surface area contributed by atoms with E-state index in [2.05, 4.69) is 40.3 Å². The predicted octanol–water partition coefficient (Wildman–Crippen LogP) is 3.62. The monoisotopic (exact) mass is 392 g/mol. The number of aliphatic hydroxyl groups excluding tert-OH is 1. The van der Waals surface area contributed by atoms with E-state index in [4.69, 9.17) is 16.3 Å². The number of hydrogen-bond acceptors (Lipinski definition) is 5. The van der Waals surface area contributed by atoms with Crippen LogP contribution >= 0.6 is 23.4 Å². The third-order valence-electron chi connectivity index (χ3n) is 4.52. The second kappa shape index (κ2) is 9.51. The van der Waals surface area contributed by atoms with Gasteiger partial charge in [-0.1, -0.05) is 23.7 Å². The normalized spacial score (nSPS) is 16.5. The van der Waals surface area contributed by atoms with Gasteiger partial charge in [-0.25, -0.2) is 0 Å². The van der Waals surface area contributed by atoms with E-state index in [1.807, 2.05) is 12.1 Å². The first-order chi connectivity index (χ1) is 12.7. The van der Waals surface area contributed by atoms with Gasteiger partial charge in [-0.05, 0) is 42.7 Å². The Hall–Kier alpha value is -1.40. The molecule has 0 saturated carbocycles. The number of nitrogens with zero attached hydrogens (tertiary/aromatic N) is 2. The van der Waals surface area contributed by atoms with Crippen molar-refractivity contribution in [3.05, 3.63) is 53.6 Å². The Kier molecular flexibility index (Phi) is 7.08. The van der Waals surface area contributed by atoms with Gasteiger partial charge in [-0.3, -0.25) is 4.90 Å². The van der Waals surface area contributed by atoms with Crippen LogP contribution in [0.3, 0.4) is 0 Å². The number of anilines is 1. The van der Waals surface area contributed by atoms with Crippen molar-refractivity contribution in [2.24, 2.45) is 0 Å². The molecule has 1 N–H and O–H groups in total. The first-order valence-electron chi connectivity index (χ1n) is 8.82. The van der Waals surface area contributed by atoms with E-state index >= 15 is 0 Å². The number of hydrogen-bond donors (Lipinski definition) is 1. The molecule has 1 aliphatic rings. The van der Waals surface area contributed by atoms with Crippen LogP contribution in [0.25, 0.3) is 0 Å². The molecule has 4 nitrogen and oxygen atoms in total. The van der Waals surface area contributed by atoms with Crippen molar-refractivity contribution in [3.8, 4) is 5.75 Å². The molecule has 2 aromatic carbocycles. The highest BCUT2D eigenvalue weighted by molar-refractivity contribution is 7.98. The van der Waals surface area contributed by atoms with Gasteiger partial charge in [0.2, 0.25) is 0 Å². The molecule has 2 aromatic rings. The number of β-amino-alcohol motifs (C(OH)–C–C–N with tert-alkyl or cyclic N) is 1. The molecule has 1 saturated heterocycles. The molecule has 1 atom stereocenters. The molecule has 6 heteroatoms. The van der Waals surface area contributed by atoms with Gasteiger partial charge in [0.05, 0.1) is 5.69 Å². The van der Waals surface area contributed by atoms with Crippen LogP contribution in [0.1, 0.15) is 0 Å². The van der Waals surface area contributed by atoms with Gasteiger partial charge in [-0.15, -0.1) is 11.8 Å². The van der Waals surface area contributed by atoms with Crippen molar-refractivity contribution in [1.82, 2.24) is 4.90 Å². The van der Waals surface area contributed by atoms with Crippen LogP contribution in [0.4, 0.5) is 5.69 Å². The van der Waals surface area contributed by atoms with E-state index in [0.29, 0.717) is 11.6 Å². The van der Waals surface area contributed by atoms with Crippen molar-refractivity contribution in [2.75, 3.05) is 50.5 Å². The number of ether oxygens (including phenoxy) is 1. The molecule has 1 fully saturated rings. The maximum Gasteiger partial charge on any atom is 0.119 e. The van der Waals surface area contributed by atoms with Crippen molar-refractivity contribution in [1.29, 1.82) is 0 Å². The number of para-hydroxylation sites is 1. The number of aliphatic hydroxyl groups is 1. The fourth-order valence-electron chi connectivity index (χ4n) is 3.14. The van der Waals surface area contributed by atoms with Gasteiger partial charge in [0, 0.05) is 42.6 Å². The summed E-state index contributed by atoms with van der Waals surface area (Å²) in [7, 11) is 0. The Morgan fingerprint density at radius 3 is 2.46 bits per heavy atom. The molecule has 3 rings (SSSR count). The summed E-state index contributed by atoms with van der Waals surface area (Å²) in [6.45, 7) is 4.76. The van der Waals surface area contributed by atoms with Crippen LogP contribution in [0.5, 0.6) is 5.75 Å². The quantitative estimate of drug-likeness (QED) is 0.728. The van der Waals surface area contributed by atoms with E-state index in [-0.39, 0.29) is 6.61 Å². The van der Waals surface area contributed by atoms with Gasteiger partial charge < -0.3 is 14.7 Å². The summed E-state index contributed by atoms with van der Waals surface area (Å²) in [5, 5.41) is 11.0. The van der Waals surface area contributed by atoms with Crippen LogP contribution in [-0.4, -0.2) is 61.7 Å². The lowest BCUT2D eigenvalue weighted by Gasteiger charge is -2.37. The standard InChI is InChI=1S/C20H25ClN2O2S/c1-26-20-5-3-2-4-19(20)23-12-10-22(11-13-23)14-17(24)15-25-18-8-6-16(21)7-9-18/h2-9,17,24H,10-15H2,1H3. The number of piperazine rings is 1. The molecule has 0 aromatic heterocycles. The van der Waals surface area contributed by atoms with Gasteiger partial charge in [0.15, 0.2) is 0 Å². The zero-order chi connectivity index (χ0) is 18.4. The Labute approximate surface area is 164 Å². The number of benzene rings is 2. The van der Waals surface area contributed by atoms with Gasteiger partial charge in [0.1, 0.15) is 18.5 Å². The maximum atomic E-state index is 10.3. The Balaban J connectivity index is 1.44. The third kappa shape index (κ3) is 5.30. The van der Waals surface area contributed by atoms with Crippen LogP contribution in [-0.2, 0) is 0 Å². The summed E-state index contributed by atoms with van der Waals surface area (Å²) in [6, 6.07) is 15.8. The van der Waals surface area contributed by atoms with E-state index in [0.717, 1.165) is 31.9 Å². The second-order valence-corrected chi connectivity index (χ2v) is 7.66. The highest BCUT2D eigenvalue weighted by Gasteiger charge is 2.21. The Bertz CT molecular complexity index is 690. The first kappa shape index (κ1) is 19.4. The zero-order valence-electron chi connectivity index (χ0n) is 15.0. The Morgan fingerprint density at radius 2 is 1.77 bits per heavy atom. The lowest BCUT2D eigenvalue weighted by molar-refractivity contribution is 0.0663. The molecule has 1 heterocycles. The van der Waals surface area contributed by atoms with Crippen molar-refractivity contribution >= 4 is 29.1 Å². The highest BCUT2D eigenvalue weighted by Crippen LogP contribution is 2.29. The van der Waals surface area contributed by atoms with Crippen LogP contribution in [0, 0.1) is 0 Å². The van der Waals surface area contributed by atoms with Gasteiger partial charge in [-0.2, -0.15) is 0 Å². The van der Waals surface area contributed by atoms with Crippen LogP contribution < -0.4 is 9.64 Å². The lowest BCUT2D eigenvalue weighted by Crippen LogP contribution is -2.49. The third-order valence-corrected chi connectivity index (χ3v) is 5.56. The minimum atomic E-state index is -0.504. The molecule has 1 aliphatic heterocycles. The van der Waals surface area contributed by atoms with Crippen molar-refractivity contribution in [2.45, 2.75) is 11.0 Å². The molecule has 140 valence electrons. The first-order valence-corrected chi connectivity index (χ1v) is 10.4.